The Morgan fingerprint density at radius 2 is 2.00 bits per heavy atom. The molecular weight excluding hydrogens is 290 g/mol. The van der Waals surface area contributed by atoms with Crippen LogP contribution in [-0.4, -0.2) is 14.5 Å². The third-order valence-corrected chi connectivity index (χ3v) is 4.78. The van der Waals surface area contributed by atoms with Gasteiger partial charge in [-0.15, -0.1) is 11.3 Å². The molecule has 0 spiro atoms. The van der Waals surface area contributed by atoms with Crippen LogP contribution in [0.3, 0.4) is 0 Å². The van der Waals surface area contributed by atoms with Crippen molar-refractivity contribution in [2.24, 2.45) is 7.05 Å². The highest BCUT2D eigenvalue weighted by Gasteiger charge is 2.14. The molecule has 0 atom stereocenters. The summed E-state index contributed by atoms with van der Waals surface area (Å²) >= 11 is 7.95. The van der Waals surface area contributed by atoms with Crippen molar-refractivity contribution in [3.63, 3.8) is 0 Å². The molecule has 0 fully saturated rings. The van der Waals surface area contributed by atoms with Gasteiger partial charge in [-0.2, -0.15) is 0 Å². The molecular formula is C15H10ClN3S. The summed E-state index contributed by atoms with van der Waals surface area (Å²) in [6.07, 6.45) is 1.78. The lowest BCUT2D eigenvalue weighted by molar-refractivity contribution is 0.951. The molecule has 1 aromatic carbocycles. The molecule has 20 heavy (non-hydrogen) atoms. The SMILES string of the molecule is Cn1cnc2c(Cl)nc3cc(-c4ccccc4)sc3c21. The van der Waals surface area contributed by atoms with Crippen LogP contribution in [0.1, 0.15) is 0 Å². The topological polar surface area (TPSA) is 30.7 Å². The molecule has 3 nitrogen and oxygen atoms in total. The first-order valence-electron chi connectivity index (χ1n) is 6.19. The second-order valence-corrected chi connectivity index (χ2v) is 6.06. The Balaban J connectivity index is 2.09. The second-order valence-electron chi connectivity index (χ2n) is 4.65. The molecule has 4 aromatic rings. The van der Waals surface area contributed by atoms with E-state index in [9.17, 15) is 0 Å². The largest absolute Gasteiger partial charge is 0.332 e. The van der Waals surface area contributed by atoms with Gasteiger partial charge in [-0.3, -0.25) is 0 Å². The van der Waals surface area contributed by atoms with Crippen molar-refractivity contribution in [2.75, 3.05) is 0 Å². The molecule has 3 heterocycles. The Morgan fingerprint density at radius 3 is 2.80 bits per heavy atom. The number of hydrogen-bond donors (Lipinski definition) is 0. The minimum absolute atomic E-state index is 0.463. The third kappa shape index (κ3) is 1.65. The van der Waals surface area contributed by atoms with Gasteiger partial charge in [0, 0.05) is 11.9 Å². The normalized spacial score (nSPS) is 11.5. The van der Waals surface area contributed by atoms with Gasteiger partial charge in [0.05, 0.1) is 22.1 Å². The molecule has 0 saturated carbocycles. The number of aromatic nitrogens is 3. The number of benzene rings is 1. The van der Waals surface area contributed by atoms with Crippen molar-refractivity contribution >= 4 is 44.2 Å². The first-order valence-corrected chi connectivity index (χ1v) is 7.39. The number of fused-ring (bicyclic) bond motifs is 3. The van der Waals surface area contributed by atoms with Crippen molar-refractivity contribution in [1.29, 1.82) is 0 Å². The molecule has 0 bridgehead atoms. The number of imidazole rings is 1. The number of halogens is 1. The first-order chi connectivity index (χ1) is 9.74. The highest BCUT2D eigenvalue weighted by Crippen LogP contribution is 2.38. The molecule has 98 valence electrons. The summed E-state index contributed by atoms with van der Waals surface area (Å²) in [6.45, 7) is 0. The minimum Gasteiger partial charge on any atom is -0.332 e. The zero-order chi connectivity index (χ0) is 13.7. The van der Waals surface area contributed by atoms with Crippen LogP contribution in [0.5, 0.6) is 0 Å². The van der Waals surface area contributed by atoms with E-state index in [0.29, 0.717) is 5.15 Å². The van der Waals surface area contributed by atoms with Crippen LogP contribution in [0, 0.1) is 0 Å². The Hall–Kier alpha value is -1.91. The van der Waals surface area contributed by atoms with E-state index in [0.717, 1.165) is 21.3 Å². The predicted octanol–water partition coefficient (Wildman–Crippen LogP) is 4.50. The van der Waals surface area contributed by atoms with Gasteiger partial charge in [-0.1, -0.05) is 41.9 Å². The van der Waals surface area contributed by atoms with Gasteiger partial charge in [0.15, 0.2) is 5.15 Å². The molecule has 4 rings (SSSR count). The average molecular weight is 300 g/mol. The second kappa shape index (κ2) is 4.30. The number of pyridine rings is 1. The molecule has 5 heteroatoms. The highest BCUT2D eigenvalue weighted by atomic mass is 35.5. The Morgan fingerprint density at radius 1 is 1.20 bits per heavy atom. The van der Waals surface area contributed by atoms with E-state index in [-0.39, 0.29) is 0 Å². The maximum Gasteiger partial charge on any atom is 0.157 e. The molecule has 0 saturated heterocycles. The zero-order valence-corrected chi connectivity index (χ0v) is 12.2. The van der Waals surface area contributed by atoms with Crippen LogP contribution in [0.2, 0.25) is 5.15 Å². The third-order valence-electron chi connectivity index (χ3n) is 3.34. The lowest BCUT2D eigenvalue weighted by atomic mass is 10.2. The van der Waals surface area contributed by atoms with Crippen LogP contribution < -0.4 is 0 Å². The Bertz CT molecular complexity index is 925. The minimum atomic E-state index is 0.463. The molecule has 0 radical (unpaired) electrons. The van der Waals surface area contributed by atoms with Gasteiger partial charge in [0.1, 0.15) is 5.52 Å². The maximum atomic E-state index is 6.22. The standard InChI is InChI=1S/C15H10ClN3S/c1-19-8-17-12-13(19)14-10(18-15(12)16)7-11(20-14)9-5-3-2-4-6-9/h2-8H,1H3. The fraction of sp³-hybridized carbons (Fsp3) is 0.0667. The summed E-state index contributed by atoms with van der Waals surface area (Å²) in [4.78, 5) is 9.98. The van der Waals surface area contributed by atoms with E-state index in [1.54, 1.807) is 17.7 Å². The Labute approximate surface area is 124 Å². The summed E-state index contributed by atoms with van der Waals surface area (Å²) in [7, 11) is 1.98. The maximum absolute atomic E-state index is 6.22. The summed E-state index contributed by atoms with van der Waals surface area (Å²) in [5.74, 6) is 0. The lowest BCUT2D eigenvalue weighted by Crippen LogP contribution is -1.85. The number of hydrogen-bond acceptors (Lipinski definition) is 3. The zero-order valence-electron chi connectivity index (χ0n) is 10.7. The van der Waals surface area contributed by atoms with E-state index in [1.807, 2.05) is 29.8 Å². The summed E-state index contributed by atoms with van der Waals surface area (Å²) < 4.78 is 3.12. The number of aryl methyl sites for hydroxylation is 1. The summed E-state index contributed by atoms with van der Waals surface area (Å²) in [5.41, 5.74) is 3.94. The van der Waals surface area contributed by atoms with Crippen molar-refractivity contribution in [2.45, 2.75) is 0 Å². The summed E-state index contributed by atoms with van der Waals surface area (Å²) in [6, 6.07) is 12.4. The van der Waals surface area contributed by atoms with Crippen molar-refractivity contribution in [3.8, 4) is 10.4 Å². The molecule has 0 N–H and O–H groups in total. The van der Waals surface area contributed by atoms with Crippen molar-refractivity contribution < 1.29 is 0 Å². The fourth-order valence-corrected chi connectivity index (χ4v) is 3.81. The van der Waals surface area contributed by atoms with Crippen LogP contribution >= 0.6 is 22.9 Å². The van der Waals surface area contributed by atoms with Gasteiger partial charge >= 0.3 is 0 Å². The quantitative estimate of drug-likeness (QED) is 0.484. The monoisotopic (exact) mass is 299 g/mol. The van der Waals surface area contributed by atoms with Crippen LogP contribution in [0.25, 0.3) is 31.7 Å². The van der Waals surface area contributed by atoms with Crippen molar-refractivity contribution in [3.05, 3.63) is 47.9 Å². The van der Waals surface area contributed by atoms with E-state index >= 15 is 0 Å². The first kappa shape index (κ1) is 11.9. The molecule has 0 amide bonds. The molecule has 0 aliphatic heterocycles. The van der Waals surface area contributed by atoms with Gasteiger partial charge < -0.3 is 4.57 Å². The van der Waals surface area contributed by atoms with E-state index in [2.05, 4.69) is 28.2 Å². The molecule has 0 aliphatic rings. The highest BCUT2D eigenvalue weighted by molar-refractivity contribution is 7.23. The fourth-order valence-electron chi connectivity index (χ4n) is 2.39. The average Bonchev–Trinajstić information content (AvgIpc) is 3.04. The number of thiophene rings is 1. The van der Waals surface area contributed by atoms with Crippen molar-refractivity contribution in [1.82, 2.24) is 14.5 Å². The van der Waals surface area contributed by atoms with E-state index < -0.39 is 0 Å². The van der Waals surface area contributed by atoms with Crippen LogP contribution in [-0.2, 0) is 7.05 Å². The predicted molar refractivity (Wildman–Crippen MR) is 84.3 cm³/mol. The number of rotatable bonds is 1. The molecule has 3 aromatic heterocycles. The smallest absolute Gasteiger partial charge is 0.157 e. The van der Waals surface area contributed by atoms with Crippen LogP contribution in [0.15, 0.2) is 42.7 Å². The van der Waals surface area contributed by atoms with Gasteiger partial charge in [0.25, 0.3) is 0 Å². The summed E-state index contributed by atoms with van der Waals surface area (Å²) in [5, 5.41) is 0.463. The lowest BCUT2D eigenvalue weighted by Gasteiger charge is -1.97. The molecule has 0 unspecified atom stereocenters. The van der Waals surface area contributed by atoms with Gasteiger partial charge in [0.2, 0.25) is 0 Å². The van der Waals surface area contributed by atoms with Gasteiger partial charge in [-0.25, -0.2) is 9.97 Å². The van der Waals surface area contributed by atoms with E-state index in [1.165, 1.54) is 10.4 Å². The molecule has 0 aliphatic carbocycles. The van der Waals surface area contributed by atoms with Gasteiger partial charge in [-0.05, 0) is 11.6 Å². The van der Waals surface area contributed by atoms with Crippen LogP contribution in [0.4, 0.5) is 0 Å². The van der Waals surface area contributed by atoms with E-state index in [4.69, 9.17) is 11.6 Å². The number of nitrogens with zero attached hydrogens (tertiary/aromatic N) is 3. The Kier molecular flexibility index (Phi) is 2.55.